The van der Waals surface area contributed by atoms with E-state index in [0.29, 0.717) is 27.8 Å². The fourth-order valence-corrected chi connectivity index (χ4v) is 2.69. The van der Waals surface area contributed by atoms with Crippen LogP contribution in [0.15, 0.2) is 12.1 Å². The van der Waals surface area contributed by atoms with Gasteiger partial charge in [0.05, 0.1) is 45.6 Å². The normalized spacial score (nSPS) is 12.2. The number of methoxy groups -OCH3 is 1. The SMILES string of the molecule is [C-]#[N+]c1cc(C)c(NC(=O)C(CC)[N+](C)(C)CC)c(C(=O)OC)c1. The summed E-state index contributed by atoms with van der Waals surface area (Å²) in [5, 5.41) is 2.88. The Morgan fingerprint density at radius 1 is 1.33 bits per heavy atom. The second-order valence-electron chi connectivity index (χ2n) is 6.30. The highest BCUT2D eigenvalue weighted by Gasteiger charge is 2.33. The van der Waals surface area contributed by atoms with Gasteiger partial charge in [-0.3, -0.25) is 4.79 Å². The maximum absolute atomic E-state index is 12.8. The molecule has 0 spiro atoms. The largest absolute Gasteiger partial charge is 0.465 e. The first-order valence-electron chi connectivity index (χ1n) is 7.95. The van der Waals surface area contributed by atoms with Crippen molar-refractivity contribution in [1.82, 2.24) is 0 Å². The summed E-state index contributed by atoms with van der Waals surface area (Å²) in [7, 11) is 5.29. The third-order valence-electron chi connectivity index (χ3n) is 4.45. The molecule has 130 valence electrons. The standard InChI is InChI=1S/C18H25N3O3/c1-8-15(21(5,6)9-2)17(22)20-16-12(3)10-13(19-4)11-14(16)18(23)24-7/h10-11,15H,8-9H2,1-3,5-7H3/p+1. The van der Waals surface area contributed by atoms with Crippen molar-refractivity contribution in [3.8, 4) is 0 Å². The molecule has 0 fully saturated rings. The van der Waals surface area contributed by atoms with E-state index in [2.05, 4.69) is 10.2 Å². The Morgan fingerprint density at radius 2 is 1.96 bits per heavy atom. The van der Waals surface area contributed by atoms with Gasteiger partial charge < -0.3 is 14.5 Å². The molecule has 1 unspecified atom stereocenters. The number of nitrogens with zero attached hydrogens (tertiary/aromatic N) is 2. The Kier molecular flexibility index (Phi) is 6.50. The lowest BCUT2D eigenvalue weighted by Gasteiger charge is -2.35. The van der Waals surface area contributed by atoms with E-state index in [0.717, 1.165) is 6.54 Å². The molecule has 0 saturated heterocycles. The van der Waals surface area contributed by atoms with Crippen LogP contribution >= 0.6 is 0 Å². The van der Waals surface area contributed by atoms with Gasteiger partial charge in [0.15, 0.2) is 11.7 Å². The Morgan fingerprint density at radius 3 is 2.42 bits per heavy atom. The molecule has 24 heavy (non-hydrogen) atoms. The molecule has 0 radical (unpaired) electrons. The molecule has 1 rings (SSSR count). The highest BCUT2D eigenvalue weighted by molar-refractivity contribution is 6.04. The van der Waals surface area contributed by atoms with Gasteiger partial charge in [-0.05, 0) is 25.5 Å². The molecule has 6 nitrogen and oxygen atoms in total. The lowest BCUT2D eigenvalue weighted by Crippen LogP contribution is -2.54. The number of likely N-dealkylation sites (N-methyl/N-ethyl adjacent to an activating group) is 1. The number of aryl methyl sites for hydroxylation is 1. The molecule has 0 saturated carbocycles. The van der Waals surface area contributed by atoms with Crippen LogP contribution in [0.1, 0.15) is 36.2 Å². The molecule has 0 aliphatic rings. The molecular formula is C18H26N3O3+. The Hall–Kier alpha value is -2.39. The molecular weight excluding hydrogens is 306 g/mol. The van der Waals surface area contributed by atoms with E-state index in [4.69, 9.17) is 11.3 Å². The zero-order valence-electron chi connectivity index (χ0n) is 15.3. The number of carbonyl (C=O) groups is 2. The summed E-state index contributed by atoms with van der Waals surface area (Å²) < 4.78 is 5.34. The molecule has 1 atom stereocenters. The first-order chi connectivity index (χ1) is 11.2. The quantitative estimate of drug-likeness (QED) is 0.494. The highest BCUT2D eigenvalue weighted by Crippen LogP contribution is 2.28. The maximum atomic E-state index is 12.8. The van der Waals surface area contributed by atoms with Gasteiger partial charge >= 0.3 is 5.97 Å². The zero-order chi connectivity index (χ0) is 18.5. The fraction of sp³-hybridized carbons (Fsp3) is 0.500. The highest BCUT2D eigenvalue weighted by atomic mass is 16.5. The van der Waals surface area contributed by atoms with Crippen molar-refractivity contribution in [2.45, 2.75) is 33.2 Å². The summed E-state index contributed by atoms with van der Waals surface area (Å²) in [6.07, 6.45) is 0.680. The molecule has 1 amide bonds. The van der Waals surface area contributed by atoms with Crippen LogP contribution in [-0.4, -0.2) is 50.2 Å². The van der Waals surface area contributed by atoms with Crippen molar-refractivity contribution in [2.75, 3.05) is 33.1 Å². The fourth-order valence-electron chi connectivity index (χ4n) is 2.69. The average Bonchev–Trinajstić information content (AvgIpc) is 2.55. The lowest BCUT2D eigenvalue weighted by molar-refractivity contribution is -0.904. The molecule has 0 aliphatic carbocycles. The number of benzene rings is 1. The molecule has 1 aromatic carbocycles. The van der Waals surface area contributed by atoms with E-state index < -0.39 is 5.97 Å². The van der Waals surface area contributed by atoms with Crippen molar-refractivity contribution in [1.29, 1.82) is 0 Å². The number of anilines is 1. The number of amides is 1. The summed E-state index contributed by atoms with van der Waals surface area (Å²) in [5.74, 6) is -0.718. The third kappa shape index (κ3) is 4.12. The van der Waals surface area contributed by atoms with Gasteiger partial charge in [-0.1, -0.05) is 13.0 Å². The monoisotopic (exact) mass is 332 g/mol. The topological polar surface area (TPSA) is 59.8 Å². The number of nitrogens with one attached hydrogen (secondary N) is 1. The average molecular weight is 332 g/mol. The van der Waals surface area contributed by atoms with Gasteiger partial charge in [-0.15, -0.1) is 0 Å². The van der Waals surface area contributed by atoms with Gasteiger partial charge in [-0.25, -0.2) is 9.64 Å². The van der Waals surface area contributed by atoms with Gasteiger partial charge in [0, 0.05) is 6.42 Å². The van der Waals surface area contributed by atoms with E-state index in [1.54, 1.807) is 13.0 Å². The number of quaternary nitrogens is 1. The van der Waals surface area contributed by atoms with Crippen molar-refractivity contribution in [3.63, 3.8) is 0 Å². The summed E-state index contributed by atoms with van der Waals surface area (Å²) >= 11 is 0. The first kappa shape index (κ1) is 19.7. The summed E-state index contributed by atoms with van der Waals surface area (Å²) in [5.41, 5.74) is 1.61. The third-order valence-corrected chi connectivity index (χ3v) is 4.45. The predicted octanol–water partition coefficient (Wildman–Crippen LogP) is 3.15. The number of rotatable bonds is 6. The van der Waals surface area contributed by atoms with Gasteiger partial charge in [-0.2, -0.15) is 0 Å². The molecule has 0 heterocycles. The lowest BCUT2D eigenvalue weighted by atomic mass is 10.0. The van der Waals surface area contributed by atoms with Crippen LogP contribution in [0.5, 0.6) is 0 Å². The minimum Gasteiger partial charge on any atom is -0.465 e. The van der Waals surface area contributed by atoms with Gasteiger partial charge in [0.2, 0.25) is 0 Å². The van der Waals surface area contributed by atoms with Gasteiger partial charge in [0.25, 0.3) is 5.91 Å². The summed E-state index contributed by atoms with van der Waals surface area (Å²) in [4.78, 5) is 28.2. The van der Waals surface area contributed by atoms with Crippen molar-refractivity contribution < 1.29 is 18.8 Å². The number of ether oxygens (including phenoxy) is 1. The molecule has 6 heteroatoms. The van der Waals surface area contributed by atoms with Crippen LogP contribution in [0.25, 0.3) is 4.85 Å². The molecule has 0 aliphatic heterocycles. The Bertz CT molecular complexity index is 675. The van der Waals surface area contributed by atoms with Crippen LogP contribution in [0.4, 0.5) is 11.4 Å². The maximum Gasteiger partial charge on any atom is 0.338 e. The van der Waals surface area contributed by atoms with Crippen LogP contribution in [0, 0.1) is 13.5 Å². The van der Waals surface area contributed by atoms with Crippen LogP contribution in [0.2, 0.25) is 0 Å². The second kappa shape index (κ2) is 7.93. The minimum atomic E-state index is -0.573. The Balaban J connectivity index is 3.30. The van der Waals surface area contributed by atoms with Crippen molar-refractivity contribution >= 4 is 23.3 Å². The van der Waals surface area contributed by atoms with E-state index in [-0.39, 0.29) is 17.5 Å². The Labute approximate surface area is 143 Å². The van der Waals surface area contributed by atoms with E-state index >= 15 is 0 Å². The molecule has 0 bridgehead atoms. The number of carbonyl (C=O) groups excluding carboxylic acids is 2. The minimum absolute atomic E-state index is 0.145. The van der Waals surface area contributed by atoms with Crippen molar-refractivity contribution in [2.24, 2.45) is 0 Å². The van der Waals surface area contributed by atoms with E-state index in [9.17, 15) is 9.59 Å². The zero-order valence-corrected chi connectivity index (χ0v) is 15.3. The molecule has 1 aromatic rings. The van der Waals surface area contributed by atoms with Crippen LogP contribution in [-0.2, 0) is 9.53 Å². The van der Waals surface area contributed by atoms with Crippen molar-refractivity contribution in [3.05, 3.63) is 34.7 Å². The summed E-state index contributed by atoms with van der Waals surface area (Å²) in [6, 6.07) is 2.86. The first-order valence-corrected chi connectivity index (χ1v) is 7.95. The molecule has 1 N–H and O–H groups in total. The van der Waals surface area contributed by atoms with Crippen LogP contribution < -0.4 is 5.32 Å². The smallest absolute Gasteiger partial charge is 0.338 e. The van der Waals surface area contributed by atoms with E-state index in [1.165, 1.54) is 13.2 Å². The number of hydrogen-bond acceptors (Lipinski definition) is 3. The van der Waals surface area contributed by atoms with E-state index in [1.807, 2.05) is 27.9 Å². The predicted molar refractivity (Wildman–Crippen MR) is 94.1 cm³/mol. The summed E-state index contributed by atoms with van der Waals surface area (Å²) in [6.45, 7) is 13.7. The molecule has 0 aromatic heterocycles. The van der Waals surface area contributed by atoms with Gasteiger partial charge in [0.1, 0.15) is 0 Å². The number of hydrogen-bond donors (Lipinski definition) is 1. The van der Waals surface area contributed by atoms with Crippen LogP contribution in [0.3, 0.4) is 0 Å². The second-order valence-corrected chi connectivity index (χ2v) is 6.30. The number of esters is 1.